The maximum Gasteiger partial charge on any atom is 0.0948 e. The van der Waals surface area contributed by atoms with Gasteiger partial charge in [-0.2, -0.15) is 0 Å². The van der Waals surface area contributed by atoms with E-state index in [0.29, 0.717) is 0 Å². The Bertz CT molecular complexity index is 1050. The van der Waals surface area contributed by atoms with Crippen LogP contribution in [0.25, 0.3) is 33.1 Å². The second-order valence-electron chi connectivity index (χ2n) is 6.39. The average molecular weight is 348 g/mol. The fraction of sp³-hybridized carbons (Fsp3) is 0.182. The Kier molecular flexibility index (Phi) is 4.22. The van der Waals surface area contributed by atoms with Crippen LogP contribution in [-0.4, -0.2) is 9.55 Å². The molecule has 0 amide bonds. The summed E-state index contributed by atoms with van der Waals surface area (Å²) in [5.74, 6) is 0. The van der Waals surface area contributed by atoms with Crippen LogP contribution < -0.4 is 0 Å². The molecule has 25 heavy (non-hydrogen) atoms. The van der Waals surface area contributed by atoms with Gasteiger partial charge in [-0.25, -0.2) is 0 Å². The Morgan fingerprint density at radius 2 is 1.80 bits per heavy atom. The molecule has 0 atom stereocenters. The van der Waals surface area contributed by atoms with E-state index in [0.717, 1.165) is 41.4 Å². The molecular weight excluding hydrogens is 328 g/mol. The summed E-state index contributed by atoms with van der Waals surface area (Å²) in [5.41, 5.74) is 5.28. The predicted octanol–water partition coefficient (Wildman–Crippen LogP) is 6.49. The van der Waals surface area contributed by atoms with E-state index in [9.17, 15) is 0 Å². The van der Waals surface area contributed by atoms with E-state index in [1.165, 1.54) is 21.8 Å². The van der Waals surface area contributed by atoms with Crippen LogP contribution in [0.15, 0.2) is 54.6 Å². The quantitative estimate of drug-likeness (QED) is 0.412. The van der Waals surface area contributed by atoms with E-state index in [1.807, 2.05) is 24.3 Å². The predicted molar refractivity (Wildman–Crippen MR) is 107 cm³/mol. The number of hydrogen-bond acceptors (Lipinski definition) is 1. The fourth-order valence-corrected chi connectivity index (χ4v) is 3.61. The topological polar surface area (TPSA) is 17.8 Å². The minimum Gasteiger partial charge on any atom is -0.339 e. The normalized spacial score (nSPS) is 11.5. The molecule has 0 N–H and O–H groups in total. The highest BCUT2D eigenvalue weighted by Crippen LogP contribution is 2.36. The lowest BCUT2D eigenvalue weighted by Gasteiger charge is -2.11. The smallest absolute Gasteiger partial charge is 0.0948 e. The minimum atomic E-state index is 0.734. The first kappa shape index (κ1) is 16.2. The van der Waals surface area contributed by atoms with Gasteiger partial charge in [-0.05, 0) is 37.6 Å². The van der Waals surface area contributed by atoms with Gasteiger partial charge in [0.25, 0.3) is 0 Å². The number of rotatable bonds is 4. The van der Waals surface area contributed by atoms with Gasteiger partial charge in [0.2, 0.25) is 0 Å². The monoisotopic (exact) mass is 347 g/mol. The second-order valence-corrected chi connectivity index (χ2v) is 6.82. The number of pyridine rings is 1. The molecule has 0 spiro atoms. The molecule has 4 aromatic rings. The zero-order chi connectivity index (χ0) is 17.4. The van der Waals surface area contributed by atoms with Crippen LogP contribution in [0.5, 0.6) is 0 Å². The van der Waals surface area contributed by atoms with Gasteiger partial charge in [-0.1, -0.05) is 55.3 Å². The fourth-order valence-electron chi connectivity index (χ4n) is 3.48. The van der Waals surface area contributed by atoms with Crippen LogP contribution in [0, 0.1) is 6.92 Å². The van der Waals surface area contributed by atoms with Crippen molar-refractivity contribution in [2.75, 3.05) is 0 Å². The van der Waals surface area contributed by atoms with Crippen molar-refractivity contribution < 1.29 is 0 Å². The van der Waals surface area contributed by atoms with Crippen LogP contribution in [0.4, 0.5) is 0 Å². The van der Waals surface area contributed by atoms with Gasteiger partial charge in [0, 0.05) is 39.1 Å². The molecule has 0 unspecified atom stereocenters. The number of unbranched alkanes of at least 4 members (excludes halogenated alkanes) is 1. The molecule has 0 aliphatic rings. The molecule has 2 aromatic heterocycles. The number of benzene rings is 2. The molecule has 2 heterocycles. The van der Waals surface area contributed by atoms with Crippen LogP contribution >= 0.6 is 11.6 Å². The van der Waals surface area contributed by atoms with Crippen molar-refractivity contribution in [1.29, 1.82) is 0 Å². The van der Waals surface area contributed by atoms with Crippen molar-refractivity contribution in [1.82, 2.24) is 9.55 Å². The molecule has 0 saturated heterocycles. The summed E-state index contributed by atoms with van der Waals surface area (Å²) in [6, 6.07) is 18.6. The first-order chi connectivity index (χ1) is 12.2. The lowest BCUT2D eigenvalue weighted by Crippen LogP contribution is -2.00. The summed E-state index contributed by atoms with van der Waals surface area (Å²) in [4.78, 5) is 4.79. The van der Waals surface area contributed by atoms with Gasteiger partial charge in [-0.3, -0.25) is 4.98 Å². The second kappa shape index (κ2) is 6.53. The Morgan fingerprint density at radius 3 is 2.56 bits per heavy atom. The third kappa shape index (κ3) is 2.81. The van der Waals surface area contributed by atoms with Gasteiger partial charge >= 0.3 is 0 Å². The number of para-hydroxylation sites is 1. The largest absolute Gasteiger partial charge is 0.339 e. The first-order valence-corrected chi connectivity index (χ1v) is 9.06. The van der Waals surface area contributed by atoms with E-state index in [4.69, 9.17) is 16.6 Å². The number of aryl methyl sites for hydroxylation is 1. The molecule has 0 fully saturated rings. The average Bonchev–Trinajstić information content (AvgIpc) is 2.94. The Morgan fingerprint density at radius 1 is 1.04 bits per heavy atom. The molecule has 125 valence electrons. The maximum atomic E-state index is 6.07. The van der Waals surface area contributed by atoms with Gasteiger partial charge < -0.3 is 4.57 Å². The zero-order valence-electron chi connectivity index (χ0n) is 14.3. The van der Waals surface area contributed by atoms with Gasteiger partial charge in [0.05, 0.1) is 11.2 Å². The van der Waals surface area contributed by atoms with Gasteiger partial charge in [0.1, 0.15) is 0 Å². The van der Waals surface area contributed by atoms with Gasteiger partial charge in [-0.15, -0.1) is 0 Å². The number of halogens is 1. The van der Waals surface area contributed by atoms with Crippen molar-refractivity contribution in [2.24, 2.45) is 0 Å². The SMILES string of the molecule is [CH2]c1cc2c3ccccc3n(CCCC)c2c(-c2ccc(Cl)cc2)n1. The van der Waals surface area contributed by atoms with Crippen LogP contribution in [0.2, 0.25) is 5.02 Å². The molecule has 0 aliphatic heterocycles. The number of hydrogen-bond donors (Lipinski definition) is 0. The van der Waals surface area contributed by atoms with E-state index < -0.39 is 0 Å². The number of aromatic nitrogens is 2. The molecule has 0 bridgehead atoms. The molecule has 0 saturated carbocycles. The van der Waals surface area contributed by atoms with E-state index in [1.54, 1.807) is 0 Å². The van der Waals surface area contributed by atoms with Crippen molar-refractivity contribution in [3.8, 4) is 11.3 Å². The minimum absolute atomic E-state index is 0.734. The summed E-state index contributed by atoms with van der Waals surface area (Å²) in [6.07, 6.45) is 2.30. The van der Waals surface area contributed by atoms with Crippen molar-refractivity contribution in [2.45, 2.75) is 26.3 Å². The summed E-state index contributed by atoms with van der Waals surface area (Å²) in [5, 5.41) is 3.21. The third-order valence-electron chi connectivity index (χ3n) is 4.65. The summed E-state index contributed by atoms with van der Waals surface area (Å²) in [6.45, 7) is 7.31. The lowest BCUT2D eigenvalue weighted by molar-refractivity contribution is 0.664. The zero-order valence-corrected chi connectivity index (χ0v) is 15.1. The Hall–Kier alpha value is -2.32. The molecule has 2 aromatic carbocycles. The van der Waals surface area contributed by atoms with Crippen molar-refractivity contribution >= 4 is 33.4 Å². The standard InChI is InChI=1S/C22H20ClN2/c1-3-4-13-25-20-8-6-5-7-18(20)19-14-15(2)24-21(22(19)25)16-9-11-17(23)12-10-16/h5-12,14H,2-4,13H2,1H3. The Labute approximate surface area is 153 Å². The summed E-state index contributed by atoms with van der Waals surface area (Å²) < 4.78 is 2.41. The molecular formula is C22H20ClN2. The lowest BCUT2D eigenvalue weighted by atomic mass is 10.1. The highest BCUT2D eigenvalue weighted by molar-refractivity contribution is 6.30. The van der Waals surface area contributed by atoms with E-state index in [-0.39, 0.29) is 0 Å². The number of fused-ring (bicyclic) bond motifs is 3. The molecule has 2 nitrogen and oxygen atoms in total. The molecule has 4 rings (SSSR count). The molecule has 1 radical (unpaired) electrons. The van der Waals surface area contributed by atoms with Crippen molar-refractivity contribution in [3.05, 3.63) is 72.2 Å². The van der Waals surface area contributed by atoms with Crippen LogP contribution in [0.1, 0.15) is 25.5 Å². The van der Waals surface area contributed by atoms with E-state index in [2.05, 4.69) is 48.7 Å². The van der Waals surface area contributed by atoms with Crippen LogP contribution in [0.3, 0.4) is 0 Å². The van der Waals surface area contributed by atoms with E-state index >= 15 is 0 Å². The van der Waals surface area contributed by atoms with Gasteiger partial charge in [0.15, 0.2) is 0 Å². The highest BCUT2D eigenvalue weighted by Gasteiger charge is 2.16. The summed E-state index contributed by atoms with van der Waals surface area (Å²) in [7, 11) is 0. The van der Waals surface area contributed by atoms with Crippen LogP contribution in [-0.2, 0) is 6.54 Å². The third-order valence-corrected chi connectivity index (χ3v) is 4.91. The Balaban J connectivity index is 2.10. The maximum absolute atomic E-state index is 6.07. The number of nitrogens with zero attached hydrogens (tertiary/aromatic N) is 2. The molecule has 3 heteroatoms. The highest BCUT2D eigenvalue weighted by atomic mass is 35.5. The first-order valence-electron chi connectivity index (χ1n) is 8.69. The van der Waals surface area contributed by atoms with Crippen molar-refractivity contribution in [3.63, 3.8) is 0 Å². The molecule has 0 aliphatic carbocycles. The summed E-state index contributed by atoms with van der Waals surface area (Å²) >= 11 is 6.07.